The van der Waals surface area contributed by atoms with Gasteiger partial charge in [0.1, 0.15) is 19.3 Å². The van der Waals surface area contributed by atoms with Crippen LogP contribution in [0, 0.1) is 0 Å². The zero-order chi connectivity index (χ0) is 74.6. The molecular weight excluding hydrogens is 1330 g/mol. The number of aliphatic hydroxyl groups is 1. The lowest BCUT2D eigenvalue weighted by molar-refractivity contribution is -0.161. The normalized spacial score (nSPS) is 14.2. The Morgan fingerprint density at radius 3 is 0.804 bits per heavy atom. The summed E-state index contributed by atoms with van der Waals surface area (Å²) in [7, 11) is -9.97. The van der Waals surface area contributed by atoms with Crippen molar-refractivity contribution in [1.29, 1.82) is 0 Å². The fourth-order valence-corrected chi connectivity index (χ4v) is 12.9. The molecule has 0 bridgehead atoms. The summed E-state index contributed by atoms with van der Waals surface area (Å²) in [4.78, 5) is 73.0. The highest BCUT2D eigenvalue weighted by molar-refractivity contribution is 7.47. The van der Waals surface area contributed by atoms with Gasteiger partial charge in [0.2, 0.25) is 0 Å². The van der Waals surface area contributed by atoms with Crippen molar-refractivity contribution in [2.75, 3.05) is 39.6 Å². The van der Waals surface area contributed by atoms with Crippen molar-refractivity contribution in [2.24, 2.45) is 0 Å². The number of unbranched alkanes of at least 4 members (excludes halogenated alkanes) is 40. The van der Waals surface area contributed by atoms with Gasteiger partial charge in [-0.3, -0.25) is 37.3 Å². The maximum absolute atomic E-state index is 13.1. The van der Waals surface area contributed by atoms with Crippen LogP contribution in [-0.4, -0.2) is 96.7 Å². The number of rotatable bonds is 78. The van der Waals surface area contributed by atoms with Gasteiger partial charge in [0, 0.05) is 25.7 Å². The molecule has 0 aromatic rings. The first-order valence-electron chi connectivity index (χ1n) is 41.2. The van der Waals surface area contributed by atoms with E-state index in [1.54, 1.807) is 0 Å². The van der Waals surface area contributed by atoms with E-state index in [0.717, 1.165) is 128 Å². The molecule has 2 unspecified atom stereocenters. The largest absolute Gasteiger partial charge is 0.472 e. The van der Waals surface area contributed by atoms with Crippen molar-refractivity contribution in [2.45, 2.75) is 393 Å². The average Bonchev–Trinajstić information content (AvgIpc) is 0.917. The quantitative estimate of drug-likeness (QED) is 0.0169. The van der Waals surface area contributed by atoms with Crippen LogP contribution < -0.4 is 0 Å². The number of hydrogen-bond donors (Lipinski definition) is 3. The van der Waals surface area contributed by atoms with E-state index in [0.29, 0.717) is 32.1 Å². The summed E-state index contributed by atoms with van der Waals surface area (Å²) in [5, 5.41) is 10.6. The van der Waals surface area contributed by atoms with Crippen LogP contribution in [0.2, 0.25) is 0 Å². The molecule has 102 heavy (non-hydrogen) atoms. The van der Waals surface area contributed by atoms with Crippen LogP contribution in [0.1, 0.15) is 374 Å². The monoisotopic (exact) mass is 1480 g/mol. The third-order valence-corrected chi connectivity index (χ3v) is 19.5. The third kappa shape index (κ3) is 74.8. The molecule has 0 heterocycles. The van der Waals surface area contributed by atoms with E-state index >= 15 is 0 Å². The summed E-state index contributed by atoms with van der Waals surface area (Å²) in [5.41, 5.74) is 0. The standard InChI is InChI=1S/C83H150O17P2/c1-5-9-13-17-21-25-29-33-37-38-42-46-50-54-58-62-66-70-83(88)100-79(74-94-81(86)68-64-60-56-52-48-44-40-35-31-27-23-19-15-11-7-3)76-98-102(91,92)96-72-77(84)71-95-101(89,90)97-75-78(99-82(87)69-65-61-57-53-49-45-41-36-32-28-24-20-16-12-8-4)73-93-80(85)67-63-59-55-51-47-43-39-34-30-26-22-18-14-10-6-2/h21,25,33-35,37,39-40,42,46,54,58,77-79,84H,5-20,22-24,26-32,36,38,41,43-45,47-53,55-57,59-76H2,1-4H3,(H,89,90)(H,91,92)/b25-21-,37-33-,39-34-,40-35-,46-42-,58-54-/t77-,78-,79-/m1/s1. The molecule has 19 heteroatoms. The molecule has 0 spiro atoms. The van der Waals surface area contributed by atoms with Crippen LogP contribution in [0.25, 0.3) is 0 Å². The summed E-state index contributed by atoms with van der Waals surface area (Å²) in [6.07, 6.45) is 77.3. The lowest BCUT2D eigenvalue weighted by atomic mass is 10.0. The Balaban J connectivity index is 5.39. The SMILES string of the molecule is CCCCC/C=C\C/C=C\C/C=C\C/C=C\CCCC(=O)O[C@H](COC(=O)CCCCCCC/C=C\CCCCCCCC)COP(=O)(O)OC[C@H](O)COP(=O)(O)OC[C@@H](COC(=O)CCCCCCC/C=C\CCCCCCCC)OC(=O)CCCCCCCCCCCCCCCCC. The number of phosphoric acid groups is 2. The van der Waals surface area contributed by atoms with Gasteiger partial charge in [-0.2, -0.15) is 0 Å². The molecule has 0 aromatic heterocycles. The van der Waals surface area contributed by atoms with E-state index < -0.39 is 97.5 Å². The molecule has 0 fully saturated rings. The fraction of sp³-hybridized carbons (Fsp3) is 0.807. The van der Waals surface area contributed by atoms with Crippen molar-refractivity contribution in [3.63, 3.8) is 0 Å². The molecule has 0 aromatic carbocycles. The first-order valence-corrected chi connectivity index (χ1v) is 44.2. The Morgan fingerprint density at radius 2 is 0.490 bits per heavy atom. The minimum atomic E-state index is -4.99. The molecular formula is C83H150O17P2. The van der Waals surface area contributed by atoms with Gasteiger partial charge in [0.15, 0.2) is 12.2 Å². The minimum absolute atomic E-state index is 0.0203. The number of phosphoric ester groups is 2. The lowest BCUT2D eigenvalue weighted by Gasteiger charge is -2.21. The first kappa shape index (κ1) is 98.5. The maximum Gasteiger partial charge on any atom is 0.472 e. The van der Waals surface area contributed by atoms with Gasteiger partial charge >= 0.3 is 39.5 Å². The van der Waals surface area contributed by atoms with E-state index in [1.807, 2.05) is 12.2 Å². The number of esters is 4. The molecule has 0 saturated carbocycles. The number of hydrogen-bond acceptors (Lipinski definition) is 15. The number of ether oxygens (including phenoxy) is 4. The zero-order valence-electron chi connectivity index (χ0n) is 65.0. The van der Waals surface area contributed by atoms with Crippen LogP contribution in [0.15, 0.2) is 72.9 Å². The Kier molecular flexibility index (Phi) is 73.1. The lowest BCUT2D eigenvalue weighted by Crippen LogP contribution is -2.30. The molecule has 0 aliphatic rings. The van der Waals surface area contributed by atoms with Gasteiger partial charge in [0.05, 0.1) is 26.4 Å². The highest BCUT2D eigenvalue weighted by atomic mass is 31.2. The molecule has 5 atom stereocenters. The smallest absolute Gasteiger partial charge is 0.462 e. The Labute approximate surface area is 622 Å². The van der Waals surface area contributed by atoms with Gasteiger partial charge in [-0.1, -0.05) is 306 Å². The van der Waals surface area contributed by atoms with Crippen molar-refractivity contribution in [3.8, 4) is 0 Å². The van der Waals surface area contributed by atoms with Crippen molar-refractivity contribution in [3.05, 3.63) is 72.9 Å². The maximum atomic E-state index is 13.1. The van der Waals surface area contributed by atoms with Crippen LogP contribution in [-0.2, 0) is 65.4 Å². The second-order valence-corrected chi connectivity index (χ2v) is 30.6. The van der Waals surface area contributed by atoms with Crippen LogP contribution >= 0.6 is 15.6 Å². The summed E-state index contributed by atoms with van der Waals surface area (Å²) in [5.74, 6) is -2.23. The average molecular weight is 1480 g/mol. The number of allylic oxidation sites excluding steroid dienone is 12. The Morgan fingerprint density at radius 1 is 0.275 bits per heavy atom. The van der Waals surface area contributed by atoms with E-state index in [1.165, 1.54) is 161 Å². The van der Waals surface area contributed by atoms with Gasteiger partial charge in [-0.15, -0.1) is 0 Å². The van der Waals surface area contributed by atoms with Gasteiger partial charge in [-0.05, 0) is 116 Å². The van der Waals surface area contributed by atoms with Gasteiger partial charge < -0.3 is 33.8 Å². The van der Waals surface area contributed by atoms with E-state index in [-0.39, 0.29) is 25.7 Å². The second-order valence-electron chi connectivity index (χ2n) is 27.7. The predicted octanol–water partition coefficient (Wildman–Crippen LogP) is 24.0. The van der Waals surface area contributed by atoms with E-state index in [4.69, 9.17) is 37.0 Å². The molecule has 0 radical (unpaired) electrons. The van der Waals surface area contributed by atoms with Crippen molar-refractivity contribution in [1.82, 2.24) is 0 Å². The molecule has 594 valence electrons. The minimum Gasteiger partial charge on any atom is -0.462 e. The summed E-state index contributed by atoms with van der Waals surface area (Å²) < 4.78 is 68.6. The topological polar surface area (TPSA) is 237 Å². The van der Waals surface area contributed by atoms with E-state index in [9.17, 15) is 43.2 Å². The van der Waals surface area contributed by atoms with Crippen LogP contribution in [0.3, 0.4) is 0 Å². The summed E-state index contributed by atoms with van der Waals surface area (Å²) in [6, 6.07) is 0. The number of carbonyl (C=O) groups is 4. The highest BCUT2D eigenvalue weighted by Crippen LogP contribution is 2.45. The van der Waals surface area contributed by atoms with Crippen molar-refractivity contribution < 1.29 is 80.2 Å². The number of carbonyl (C=O) groups excluding carboxylic acids is 4. The number of aliphatic hydroxyl groups excluding tert-OH is 1. The van der Waals surface area contributed by atoms with Gasteiger partial charge in [-0.25, -0.2) is 9.13 Å². The second kappa shape index (κ2) is 75.7. The van der Waals surface area contributed by atoms with Crippen LogP contribution in [0.4, 0.5) is 0 Å². The molecule has 0 saturated heterocycles. The Bertz CT molecular complexity index is 2210. The molecule has 17 nitrogen and oxygen atoms in total. The third-order valence-electron chi connectivity index (χ3n) is 17.6. The van der Waals surface area contributed by atoms with E-state index in [2.05, 4.69) is 88.5 Å². The fourth-order valence-electron chi connectivity index (χ4n) is 11.3. The molecule has 0 aliphatic carbocycles. The zero-order valence-corrected chi connectivity index (χ0v) is 66.8. The van der Waals surface area contributed by atoms with Crippen LogP contribution in [0.5, 0.6) is 0 Å². The summed E-state index contributed by atoms with van der Waals surface area (Å²) >= 11 is 0. The first-order chi connectivity index (χ1) is 49.7. The van der Waals surface area contributed by atoms with Crippen molar-refractivity contribution >= 4 is 39.5 Å². The molecule has 0 amide bonds. The Hall–Kier alpha value is -3.50. The molecule has 0 rings (SSSR count). The highest BCUT2D eigenvalue weighted by Gasteiger charge is 2.30. The molecule has 0 aliphatic heterocycles. The predicted molar refractivity (Wildman–Crippen MR) is 418 cm³/mol. The molecule has 3 N–H and O–H groups in total. The van der Waals surface area contributed by atoms with Gasteiger partial charge in [0.25, 0.3) is 0 Å². The summed E-state index contributed by atoms with van der Waals surface area (Å²) in [6.45, 7) is 4.83.